The molecule has 0 saturated heterocycles. The van der Waals surface area contributed by atoms with E-state index in [1.54, 1.807) is 19.1 Å². The second-order valence-corrected chi connectivity index (χ2v) is 6.39. The predicted octanol–water partition coefficient (Wildman–Crippen LogP) is 3.14. The number of guanidine groups is 1. The van der Waals surface area contributed by atoms with E-state index in [1.165, 1.54) is 4.90 Å². The van der Waals surface area contributed by atoms with E-state index in [4.69, 9.17) is 22.4 Å². The normalized spacial score (nSPS) is 17.2. The highest BCUT2D eigenvalue weighted by Gasteiger charge is 2.33. The van der Waals surface area contributed by atoms with Crippen LogP contribution < -0.4 is 5.73 Å². The number of amides is 2. The van der Waals surface area contributed by atoms with Gasteiger partial charge in [0.15, 0.2) is 0 Å². The van der Waals surface area contributed by atoms with Gasteiger partial charge in [-0.2, -0.15) is 5.10 Å². The highest BCUT2D eigenvalue weighted by atomic mass is 35.5. The van der Waals surface area contributed by atoms with Crippen molar-refractivity contribution in [2.75, 3.05) is 20.6 Å². The summed E-state index contributed by atoms with van der Waals surface area (Å²) < 4.78 is 0. The fourth-order valence-electron chi connectivity index (χ4n) is 2.99. The summed E-state index contributed by atoms with van der Waals surface area (Å²) in [4.78, 5) is 17.1. The van der Waals surface area contributed by atoms with E-state index in [9.17, 15) is 4.79 Å². The van der Waals surface area contributed by atoms with Gasteiger partial charge >= 0.3 is 6.03 Å². The number of hydrogen-bond donors (Lipinski definition) is 1. The van der Waals surface area contributed by atoms with Crippen LogP contribution in [0.4, 0.5) is 4.79 Å². The van der Waals surface area contributed by atoms with Crippen LogP contribution in [0.15, 0.2) is 64.7 Å². The monoisotopic (exact) mass is 369 g/mol. The summed E-state index contributed by atoms with van der Waals surface area (Å²) in [6, 6.07) is 17.1. The van der Waals surface area contributed by atoms with Gasteiger partial charge in [0.25, 0.3) is 0 Å². The Morgan fingerprint density at radius 3 is 2.46 bits per heavy atom. The summed E-state index contributed by atoms with van der Waals surface area (Å²) in [5, 5.41) is 7.13. The lowest BCUT2D eigenvalue weighted by Crippen LogP contribution is -2.45. The van der Waals surface area contributed by atoms with Crippen LogP contribution in [0.1, 0.15) is 17.0 Å². The van der Waals surface area contributed by atoms with E-state index in [0.29, 0.717) is 17.5 Å². The van der Waals surface area contributed by atoms with E-state index in [1.807, 2.05) is 42.5 Å². The first kappa shape index (κ1) is 17.9. The average Bonchev–Trinajstić information content (AvgIpc) is 3.08. The molecule has 2 aromatic rings. The molecule has 7 heteroatoms. The zero-order valence-corrected chi connectivity index (χ0v) is 15.4. The molecule has 26 heavy (non-hydrogen) atoms. The van der Waals surface area contributed by atoms with E-state index in [-0.39, 0.29) is 5.92 Å². The Morgan fingerprint density at radius 1 is 1.23 bits per heavy atom. The van der Waals surface area contributed by atoms with E-state index in [0.717, 1.165) is 16.8 Å². The Hall–Kier alpha value is -2.86. The number of urea groups is 1. The third kappa shape index (κ3) is 3.55. The minimum Gasteiger partial charge on any atom is -0.351 e. The van der Waals surface area contributed by atoms with Gasteiger partial charge in [-0.1, -0.05) is 54.1 Å². The molecular weight excluding hydrogens is 350 g/mol. The summed E-state index contributed by atoms with van der Waals surface area (Å²) in [7, 11) is 3.19. The van der Waals surface area contributed by atoms with Gasteiger partial charge in [0.05, 0.1) is 12.3 Å². The van der Waals surface area contributed by atoms with Crippen LogP contribution in [0.5, 0.6) is 0 Å². The Bertz CT molecular complexity index is 848. The van der Waals surface area contributed by atoms with Gasteiger partial charge in [-0.05, 0) is 23.3 Å². The number of hydrogen-bond acceptors (Lipinski definition) is 3. The van der Waals surface area contributed by atoms with Crippen LogP contribution in [-0.2, 0) is 0 Å². The number of hydrazone groups is 1. The molecule has 134 valence electrons. The lowest BCUT2D eigenvalue weighted by molar-refractivity contribution is 0.231. The molecule has 0 unspecified atom stereocenters. The van der Waals surface area contributed by atoms with Crippen LogP contribution in [0, 0.1) is 0 Å². The summed E-state index contributed by atoms with van der Waals surface area (Å²) in [5.41, 5.74) is 8.41. The number of nitrogens with two attached hydrogens (primary N) is 1. The summed E-state index contributed by atoms with van der Waals surface area (Å²) in [6.07, 6.45) is 0. The Morgan fingerprint density at radius 2 is 1.88 bits per heavy atom. The number of halogens is 1. The van der Waals surface area contributed by atoms with Crippen molar-refractivity contribution in [3.63, 3.8) is 0 Å². The standard InChI is InChI=1S/C19H20ClN5O/c1-22-19(24(2)18(21)26)25-12-16(13-6-4-3-5-7-13)17(23-25)14-8-10-15(20)11-9-14/h3-11,16H,12H2,1-2H3,(H2,21,26)/t16-/m1/s1. The van der Waals surface area contributed by atoms with Crippen LogP contribution in [0.25, 0.3) is 0 Å². The van der Waals surface area contributed by atoms with E-state index >= 15 is 0 Å². The molecule has 1 aliphatic heterocycles. The largest absolute Gasteiger partial charge is 0.351 e. The minimum absolute atomic E-state index is 0.0374. The van der Waals surface area contributed by atoms with Gasteiger partial charge in [-0.25, -0.2) is 9.80 Å². The molecule has 1 heterocycles. The second-order valence-electron chi connectivity index (χ2n) is 5.96. The molecule has 0 bridgehead atoms. The first-order valence-corrected chi connectivity index (χ1v) is 8.56. The maximum atomic E-state index is 11.6. The lowest BCUT2D eigenvalue weighted by Gasteiger charge is -2.23. The number of rotatable bonds is 2. The van der Waals surface area contributed by atoms with Crippen molar-refractivity contribution in [2.45, 2.75) is 5.92 Å². The molecule has 0 saturated carbocycles. The summed E-state index contributed by atoms with van der Waals surface area (Å²) in [6.45, 7) is 0.562. The van der Waals surface area contributed by atoms with Gasteiger partial charge in [-0.15, -0.1) is 0 Å². The molecule has 0 radical (unpaired) electrons. The molecule has 0 aromatic heterocycles. The molecule has 3 rings (SSSR count). The number of primary amides is 1. The topological polar surface area (TPSA) is 74.3 Å². The Labute approximate surface area is 157 Å². The van der Waals surface area contributed by atoms with Crippen molar-refractivity contribution in [2.24, 2.45) is 15.8 Å². The van der Waals surface area contributed by atoms with Crippen LogP contribution in [-0.4, -0.2) is 48.3 Å². The highest BCUT2D eigenvalue weighted by molar-refractivity contribution is 6.30. The Balaban J connectivity index is 2.02. The predicted molar refractivity (Wildman–Crippen MR) is 105 cm³/mol. The minimum atomic E-state index is -0.586. The summed E-state index contributed by atoms with van der Waals surface area (Å²) >= 11 is 6.02. The first-order valence-electron chi connectivity index (χ1n) is 8.18. The quantitative estimate of drug-likeness (QED) is 0.652. The Kier molecular flexibility index (Phi) is 5.23. The molecule has 0 spiro atoms. The lowest BCUT2D eigenvalue weighted by atomic mass is 9.91. The van der Waals surface area contributed by atoms with Crippen LogP contribution >= 0.6 is 11.6 Å². The molecule has 1 atom stereocenters. The van der Waals surface area contributed by atoms with Gasteiger partial charge in [-0.3, -0.25) is 9.89 Å². The number of benzene rings is 2. The summed E-state index contributed by atoms with van der Waals surface area (Å²) in [5.74, 6) is 0.442. The molecule has 1 aliphatic rings. The number of nitrogens with zero attached hydrogens (tertiary/aromatic N) is 4. The van der Waals surface area contributed by atoms with Crippen LogP contribution in [0.2, 0.25) is 5.02 Å². The highest BCUT2D eigenvalue weighted by Crippen LogP contribution is 2.29. The molecule has 0 aliphatic carbocycles. The molecule has 2 amide bonds. The molecule has 2 N–H and O–H groups in total. The zero-order chi connectivity index (χ0) is 18.7. The number of aliphatic imine (C=N–C) groups is 1. The fourth-order valence-corrected chi connectivity index (χ4v) is 3.12. The molecule has 6 nitrogen and oxygen atoms in total. The second kappa shape index (κ2) is 7.58. The SMILES string of the molecule is CN=C(N1C[C@H](c2ccccc2)C(c2ccc(Cl)cc2)=N1)N(C)C(N)=O. The van der Waals surface area contributed by atoms with E-state index < -0.39 is 6.03 Å². The maximum absolute atomic E-state index is 11.6. The van der Waals surface area contributed by atoms with Gasteiger partial charge in [0, 0.05) is 25.0 Å². The van der Waals surface area contributed by atoms with Gasteiger partial charge in [0.1, 0.15) is 0 Å². The van der Waals surface area contributed by atoms with Crippen molar-refractivity contribution in [1.82, 2.24) is 9.91 Å². The van der Waals surface area contributed by atoms with Crippen molar-refractivity contribution < 1.29 is 4.79 Å². The van der Waals surface area contributed by atoms with Crippen molar-refractivity contribution in [3.8, 4) is 0 Å². The third-order valence-corrected chi connectivity index (χ3v) is 4.57. The smallest absolute Gasteiger partial charge is 0.321 e. The van der Waals surface area contributed by atoms with Crippen molar-refractivity contribution in [3.05, 3.63) is 70.7 Å². The molecule has 2 aromatic carbocycles. The van der Waals surface area contributed by atoms with Crippen molar-refractivity contribution >= 4 is 29.3 Å². The average molecular weight is 370 g/mol. The van der Waals surface area contributed by atoms with Gasteiger partial charge < -0.3 is 5.73 Å². The maximum Gasteiger partial charge on any atom is 0.321 e. The van der Waals surface area contributed by atoms with E-state index in [2.05, 4.69) is 17.1 Å². The third-order valence-electron chi connectivity index (χ3n) is 4.32. The van der Waals surface area contributed by atoms with Crippen LogP contribution in [0.3, 0.4) is 0 Å². The number of carbonyl (C=O) groups is 1. The fraction of sp³-hybridized carbons (Fsp3) is 0.211. The van der Waals surface area contributed by atoms with Crippen molar-refractivity contribution in [1.29, 1.82) is 0 Å². The molecule has 0 fully saturated rings. The number of carbonyl (C=O) groups excluding carboxylic acids is 1. The zero-order valence-electron chi connectivity index (χ0n) is 14.6. The molecular formula is C19H20ClN5O. The van der Waals surface area contributed by atoms with Gasteiger partial charge in [0.2, 0.25) is 5.96 Å². The first-order chi connectivity index (χ1) is 12.5.